The van der Waals surface area contributed by atoms with Crippen molar-refractivity contribution < 1.29 is 0 Å². The van der Waals surface area contributed by atoms with Crippen LogP contribution in [0, 0.1) is 11.8 Å². The van der Waals surface area contributed by atoms with E-state index in [-0.39, 0.29) is 3.23 Å². The number of alkyl halides is 2. The summed E-state index contributed by atoms with van der Waals surface area (Å²) in [5.41, 5.74) is 0. The highest BCUT2D eigenvalue weighted by atomic mass is 79.9. The molecule has 1 rings (SSSR count). The molecule has 2 atom stereocenters. The number of hydrogen-bond acceptors (Lipinski definition) is 0. The Bertz CT molecular complexity index is 324. The molecule has 1 fully saturated rings. The van der Waals surface area contributed by atoms with E-state index in [2.05, 4.69) is 83.3 Å². The van der Waals surface area contributed by atoms with Crippen LogP contribution in [0.2, 0.25) is 51.4 Å². The zero-order valence-electron chi connectivity index (χ0n) is 13.4. The molecular formula is C15H30Br2Si2. The van der Waals surface area contributed by atoms with E-state index in [9.17, 15) is 0 Å². The first kappa shape index (κ1) is 18.2. The van der Waals surface area contributed by atoms with Crippen molar-refractivity contribution in [1.29, 1.82) is 0 Å². The molecule has 1 unspecified atom stereocenters. The molecule has 0 bridgehead atoms. The topological polar surface area (TPSA) is 0 Å². The number of hydrogen-bond donors (Lipinski definition) is 0. The molecule has 0 nitrogen and oxygen atoms in total. The Morgan fingerprint density at radius 3 is 1.95 bits per heavy atom. The second kappa shape index (κ2) is 6.49. The molecule has 0 spiro atoms. The van der Waals surface area contributed by atoms with Gasteiger partial charge in [-0.2, -0.15) is 0 Å². The largest absolute Gasteiger partial charge is 0.0912 e. The van der Waals surface area contributed by atoms with E-state index in [4.69, 9.17) is 0 Å². The van der Waals surface area contributed by atoms with Gasteiger partial charge >= 0.3 is 0 Å². The molecule has 0 N–H and O–H groups in total. The molecule has 0 aromatic rings. The van der Waals surface area contributed by atoms with Crippen LogP contribution >= 0.6 is 31.9 Å². The molecule has 4 heteroatoms. The van der Waals surface area contributed by atoms with Gasteiger partial charge < -0.3 is 0 Å². The summed E-state index contributed by atoms with van der Waals surface area (Å²) < 4.78 is 0.257. The van der Waals surface area contributed by atoms with Crippen LogP contribution in [0.15, 0.2) is 12.2 Å². The van der Waals surface area contributed by atoms with E-state index in [0.29, 0.717) is 0 Å². The van der Waals surface area contributed by atoms with E-state index in [1.807, 2.05) is 0 Å². The monoisotopic (exact) mass is 424 g/mol. The van der Waals surface area contributed by atoms with Gasteiger partial charge in [-0.15, -0.1) is 0 Å². The van der Waals surface area contributed by atoms with E-state index in [1.165, 1.54) is 24.9 Å². The molecule has 1 aliphatic carbocycles. The Hall–Kier alpha value is 1.13. The lowest BCUT2D eigenvalue weighted by Gasteiger charge is -2.15. The molecule has 1 aliphatic rings. The first-order chi connectivity index (χ1) is 8.43. The molecule has 19 heavy (non-hydrogen) atoms. The van der Waals surface area contributed by atoms with E-state index in [0.717, 1.165) is 11.8 Å². The average molecular weight is 426 g/mol. The van der Waals surface area contributed by atoms with Crippen molar-refractivity contribution in [3.8, 4) is 0 Å². The van der Waals surface area contributed by atoms with Crippen LogP contribution in [0.4, 0.5) is 0 Å². The highest BCUT2D eigenvalue weighted by Crippen LogP contribution is 2.66. The van der Waals surface area contributed by atoms with E-state index < -0.39 is 16.1 Å². The van der Waals surface area contributed by atoms with Crippen LogP contribution in [-0.2, 0) is 0 Å². The smallest absolute Gasteiger partial charge is 0.0865 e. The Morgan fingerprint density at radius 1 is 0.895 bits per heavy atom. The standard InChI is InChI=1S/C15H30Br2Si2/c1-18(2,3)11-9-7-8-10-13-14(15(13,16)17)12-19(4,5)6/h7,9,13-14H,8,10-12H2,1-6H3/b9-7-/t13?,14-/m0/s1. The van der Waals surface area contributed by atoms with Crippen molar-refractivity contribution in [2.24, 2.45) is 11.8 Å². The molecule has 0 saturated heterocycles. The SMILES string of the molecule is C[Si](C)(C)C/C=C\CCC1[C@H](C[Si](C)(C)C)C1(Br)Br. The van der Waals surface area contributed by atoms with Gasteiger partial charge in [-0.05, 0) is 30.7 Å². The van der Waals surface area contributed by atoms with Gasteiger partial charge in [-0.3, -0.25) is 0 Å². The van der Waals surface area contributed by atoms with Crippen molar-refractivity contribution in [2.75, 3.05) is 0 Å². The minimum Gasteiger partial charge on any atom is -0.0912 e. The molecule has 0 aliphatic heterocycles. The summed E-state index contributed by atoms with van der Waals surface area (Å²) in [5, 5.41) is 0. The first-order valence-electron chi connectivity index (χ1n) is 7.46. The van der Waals surface area contributed by atoms with Crippen molar-refractivity contribution in [3.63, 3.8) is 0 Å². The molecule has 1 saturated carbocycles. The average Bonchev–Trinajstić information content (AvgIpc) is 2.64. The number of allylic oxidation sites excluding steroid dienone is 2. The number of halogens is 2. The third-order valence-corrected chi connectivity index (χ3v) is 9.22. The fourth-order valence-corrected chi connectivity index (χ4v) is 7.81. The molecule has 0 amide bonds. The molecule has 0 heterocycles. The second-order valence-electron chi connectivity index (χ2n) is 8.47. The van der Waals surface area contributed by atoms with Gasteiger partial charge in [0, 0.05) is 16.1 Å². The normalized spacial score (nSPS) is 26.9. The summed E-state index contributed by atoms with van der Waals surface area (Å²) in [6.45, 7) is 14.7. The summed E-state index contributed by atoms with van der Waals surface area (Å²) >= 11 is 7.79. The van der Waals surface area contributed by atoms with Crippen LogP contribution in [0.25, 0.3) is 0 Å². The van der Waals surface area contributed by atoms with Crippen molar-refractivity contribution in [3.05, 3.63) is 12.2 Å². The van der Waals surface area contributed by atoms with Crippen LogP contribution in [0.5, 0.6) is 0 Å². The predicted molar refractivity (Wildman–Crippen MR) is 102 cm³/mol. The second-order valence-corrected chi connectivity index (χ2v) is 23.2. The zero-order chi connectivity index (χ0) is 14.9. The Labute approximate surface area is 139 Å². The maximum atomic E-state index is 3.89. The molecule has 0 radical (unpaired) electrons. The third-order valence-electron chi connectivity index (χ3n) is 3.74. The molecular weight excluding hydrogens is 396 g/mol. The van der Waals surface area contributed by atoms with Crippen molar-refractivity contribution >= 4 is 48.0 Å². The van der Waals surface area contributed by atoms with Crippen LogP contribution < -0.4 is 0 Å². The quantitative estimate of drug-likeness (QED) is 0.241. The van der Waals surface area contributed by atoms with Crippen molar-refractivity contribution in [2.45, 2.75) is 67.4 Å². The fourth-order valence-electron chi connectivity index (χ4n) is 2.62. The van der Waals surface area contributed by atoms with Gasteiger partial charge in [0.05, 0.1) is 3.23 Å². The van der Waals surface area contributed by atoms with Gasteiger partial charge in [-0.25, -0.2) is 0 Å². The van der Waals surface area contributed by atoms with Gasteiger partial charge in [0.1, 0.15) is 0 Å². The lowest BCUT2D eigenvalue weighted by atomic mass is 10.2. The van der Waals surface area contributed by atoms with E-state index in [1.54, 1.807) is 0 Å². The highest BCUT2D eigenvalue weighted by molar-refractivity contribution is 9.25. The van der Waals surface area contributed by atoms with Gasteiger partial charge in [0.2, 0.25) is 0 Å². The summed E-state index contributed by atoms with van der Waals surface area (Å²) in [7, 11) is -1.83. The highest BCUT2D eigenvalue weighted by Gasteiger charge is 2.61. The predicted octanol–water partition coefficient (Wildman–Crippen LogP) is 6.73. The Morgan fingerprint density at radius 2 is 1.47 bits per heavy atom. The summed E-state index contributed by atoms with van der Waals surface area (Å²) in [5.74, 6) is 1.68. The third kappa shape index (κ3) is 6.62. The fraction of sp³-hybridized carbons (Fsp3) is 0.867. The Kier molecular flexibility index (Phi) is 6.21. The molecule has 112 valence electrons. The minimum absolute atomic E-state index is 0.257. The summed E-state index contributed by atoms with van der Waals surface area (Å²) in [6, 6.07) is 2.76. The maximum Gasteiger partial charge on any atom is 0.0865 e. The van der Waals surface area contributed by atoms with Gasteiger partial charge in [0.15, 0.2) is 0 Å². The van der Waals surface area contributed by atoms with E-state index >= 15 is 0 Å². The van der Waals surface area contributed by atoms with Crippen molar-refractivity contribution in [1.82, 2.24) is 0 Å². The lowest BCUT2D eigenvalue weighted by molar-refractivity contribution is 0.679. The van der Waals surface area contributed by atoms with Gasteiger partial charge in [-0.1, -0.05) is 89.3 Å². The Balaban J connectivity index is 2.31. The lowest BCUT2D eigenvalue weighted by Crippen LogP contribution is -2.21. The number of rotatable bonds is 7. The first-order valence-corrected chi connectivity index (χ1v) is 16.5. The van der Waals surface area contributed by atoms with Crippen LogP contribution in [0.1, 0.15) is 12.8 Å². The zero-order valence-corrected chi connectivity index (χ0v) is 18.6. The molecule has 0 aromatic heterocycles. The van der Waals surface area contributed by atoms with Gasteiger partial charge in [0.25, 0.3) is 0 Å². The van der Waals surface area contributed by atoms with Crippen LogP contribution in [0.3, 0.4) is 0 Å². The summed E-state index contributed by atoms with van der Waals surface area (Å²) in [4.78, 5) is 0. The summed E-state index contributed by atoms with van der Waals surface area (Å²) in [6.07, 6.45) is 7.41. The minimum atomic E-state index is -0.940. The maximum absolute atomic E-state index is 3.89. The van der Waals surface area contributed by atoms with Crippen LogP contribution in [-0.4, -0.2) is 19.4 Å². The molecule has 0 aromatic carbocycles.